The number of hydrazine groups is 1. The Morgan fingerprint density at radius 2 is 2.00 bits per heavy atom. The molecule has 1 amide bonds. The van der Waals surface area contributed by atoms with Gasteiger partial charge in [-0.15, -0.1) is 0 Å². The molecular weight excluding hydrogens is 364 g/mol. The summed E-state index contributed by atoms with van der Waals surface area (Å²) < 4.78 is 5.91. The first-order chi connectivity index (χ1) is 13.1. The highest BCUT2D eigenvalue weighted by Crippen LogP contribution is 2.42. The Hall–Kier alpha value is -2.15. The van der Waals surface area contributed by atoms with Gasteiger partial charge in [0.1, 0.15) is 11.5 Å². The number of nitrogens with one attached hydrogen (secondary N) is 2. The summed E-state index contributed by atoms with van der Waals surface area (Å²) in [5.41, 5.74) is 12.9. The molecule has 0 radical (unpaired) electrons. The fourth-order valence-electron chi connectivity index (χ4n) is 4.23. The second-order valence-corrected chi connectivity index (χ2v) is 7.70. The molecule has 1 aromatic carbocycles. The van der Waals surface area contributed by atoms with Gasteiger partial charge in [-0.2, -0.15) is 0 Å². The normalized spacial score (nSPS) is 27.6. The van der Waals surface area contributed by atoms with E-state index in [1.165, 1.54) is 0 Å². The van der Waals surface area contributed by atoms with Crippen molar-refractivity contribution in [1.82, 2.24) is 15.8 Å². The average molecular weight is 387 g/mol. The van der Waals surface area contributed by atoms with Crippen molar-refractivity contribution in [3.8, 4) is 11.5 Å². The van der Waals surface area contributed by atoms with E-state index < -0.39 is 0 Å². The van der Waals surface area contributed by atoms with Gasteiger partial charge in [0.15, 0.2) is 0 Å². The number of nitrogens with two attached hydrogens (primary N) is 1. The van der Waals surface area contributed by atoms with Crippen LogP contribution in [0.5, 0.6) is 11.5 Å². The maximum Gasteiger partial charge on any atom is 0.237 e. The molecule has 4 rings (SSSR count). The predicted octanol–water partition coefficient (Wildman–Crippen LogP) is 2.99. The molecule has 2 aromatic rings. The van der Waals surface area contributed by atoms with Crippen LogP contribution in [0.3, 0.4) is 0 Å². The minimum Gasteiger partial charge on any atom is -0.456 e. The Morgan fingerprint density at radius 3 is 2.78 bits per heavy atom. The highest BCUT2D eigenvalue weighted by atomic mass is 35.5. The van der Waals surface area contributed by atoms with Crippen molar-refractivity contribution in [3.63, 3.8) is 0 Å². The van der Waals surface area contributed by atoms with Crippen molar-refractivity contribution in [3.05, 3.63) is 53.3 Å². The Labute approximate surface area is 163 Å². The minimum atomic E-state index is 0.0394. The number of aromatic nitrogens is 1. The van der Waals surface area contributed by atoms with E-state index >= 15 is 0 Å². The van der Waals surface area contributed by atoms with Crippen LogP contribution in [0.25, 0.3) is 0 Å². The summed E-state index contributed by atoms with van der Waals surface area (Å²) in [5.74, 6) is 2.13. The van der Waals surface area contributed by atoms with Crippen LogP contribution in [-0.4, -0.2) is 23.5 Å². The van der Waals surface area contributed by atoms with Gasteiger partial charge in [0.05, 0.1) is 6.20 Å². The number of amides is 1. The summed E-state index contributed by atoms with van der Waals surface area (Å²) in [4.78, 5) is 16.5. The summed E-state index contributed by atoms with van der Waals surface area (Å²) >= 11 is 5.92. The van der Waals surface area contributed by atoms with Gasteiger partial charge in [-0.3, -0.25) is 15.2 Å². The van der Waals surface area contributed by atoms with Gasteiger partial charge in [-0.1, -0.05) is 11.6 Å². The summed E-state index contributed by atoms with van der Waals surface area (Å²) in [6.07, 6.45) is 6.34. The molecule has 0 bridgehead atoms. The molecule has 0 spiro atoms. The van der Waals surface area contributed by atoms with Gasteiger partial charge in [0, 0.05) is 29.7 Å². The van der Waals surface area contributed by atoms with Crippen molar-refractivity contribution in [2.45, 2.75) is 31.2 Å². The molecule has 1 saturated heterocycles. The van der Waals surface area contributed by atoms with Gasteiger partial charge < -0.3 is 10.5 Å². The number of pyridine rings is 1. The second-order valence-electron chi connectivity index (χ2n) is 7.27. The van der Waals surface area contributed by atoms with Crippen LogP contribution in [0.2, 0.25) is 5.02 Å². The van der Waals surface area contributed by atoms with Crippen LogP contribution >= 0.6 is 11.6 Å². The van der Waals surface area contributed by atoms with Crippen molar-refractivity contribution in [2.75, 3.05) is 6.54 Å². The maximum atomic E-state index is 12.2. The molecule has 142 valence electrons. The summed E-state index contributed by atoms with van der Waals surface area (Å²) in [6.45, 7) is 0.506. The topological polar surface area (TPSA) is 89.3 Å². The van der Waals surface area contributed by atoms with Gasteiger partial charge in [-0.25, -0.2) is 5.43 Å². The maximum absolute atomic E-state index is 12.2. The van der Waals surface area contributed by atoms with Crippen LogP contribution in [-0.2, 0) is 4.79 Å². The van der Waals surface area contributed by atoms with Crippen molar-refractivity contribution >= 4 is 17.5 Å². The van der Waals surface area contributed by atoms with E-state index in [-0.39, 0.29) is 23.8 Å². The van der Waals surface area contributed by atoms with E-state index in [2.05, 4.69) is 15.8 Å². The molecule has 2 heterocycles. The number of rotatable bonds is 4. The van der Waals surface area contributed by atoms with Crippen molar-refractivity contribution in [2.24, 2.45) is 17.6 Å². The quantitative estimate of drug-likeness (QED) is 0.751. The van der Waals surface area contributed by atoms with Crippen LogP contribution in [0.15, 0.2) is 42.7 Å². The van der Waals surface area contributed by atoms with E-state index in [4.69, 9.17) is 22.1 Å². The van der Waals surface area contributed by atoms with Crippen LogP contribution in [0.1, 0.15) is 30.7 Å². The summed E-state index contributed by atoms with van der Waals surface area (Å²) in [5, 5.41) is 0.672. The first-order valence-electron chi connectivity index (χ1n) is 9.28. The third kappa shape index (κ3) is 3.93. The third-order valence-corrected chi connectivity index (χ3v) is 5.89. The largest absolute Gasteiger partial charge is 0.456 e. The molecule has 7 heteroatoms. The number of nitrogens with zero attached hydrogens (tertiary/aromatic N) is 1. The average Bonchev–Trinajstić information content (AvgIpc) is 2.70. The van der Waals surface area contributed by atoms with E-state index in [0.717, 1.165) is 30.6 Å². The van der Waals surface area contributed by atoms with E-state index in [0.29, 0.717) is 23.2 Å². The molecule has 4 N–H and O–H groups in total. The molecule has 1 aliphatic carbocycles. The van der Waals surface area contributed by atoms with Gasteiger partial charge in [0.2, 0.25) is 5.91 Å². The molecule has 2 aliphatic rings. The third-order valence-electron chi connectivity index (χ3n) is 5.64. The highest BCUT2D eigenvalue weighted by Gasteiger charge is 2.42. The van der Waals surface area contributed by atoms with Crippen LogP contribution < -0.4 is 21.3 Å². The highest BCUT2D eigenvalue weighted by molar-refractivity contribution is 6.30. The fourth-order valence-corrected chi connectivity index (χ4v) is 4.36. The van der Waals surface area contributed by atoms with Gasteiger partial charge in [0.25, 0.3) is 0 Å². The molecule has 1 saturated carbocycles. The first kappa shape index (κ1) is 18.2. The monoisotopic (exact) mass is 386 g/mol. The number of ether oxygens (including phenoxy) is 1. The Bertz CT molecular complexity index is 814. The van der Waals surface area contributed by atoms with Crippen molar-refractivity contribution < 1.29 is 9.53 Å². The Kier molecular flexibility index (Phi) is 5.29. The molecular formula is C20H23ClN4O2. The SMILES string of the molecule is NCC1NNC(=O)C2CCC(c3cncc(Oc4ccc(Cl)cc4)c3)CC12. The molecule has 27 heavy (non-hydrogen) atoms. The smallest absolute Gasteiger partial charge is 0.237 e. The summed E-state index contributed by atoms with van der Waals surface area (Å²) in [7, 11) is 0. The molecule has 4 atom stereocenters. The lowest BCUT2D eigenvalue weighted by molar-refractivity contribution is -0.133. The first-order valence-corrected chi connectivity index (χ1v) is 9.65. The number of hydrogen-bond acceptors (Lipinski definition) is 5. The second kappa shape index (κ2) is 7.84. The molecule has 2 fully saturated rings. The Morgan fingerprint density at radius 1 is 1.19 bits per heavy atom. The zero-order valence-corrected chi connectivity index (χ0v) is 15.7. The van der Waals surface area contributed by atoms with E-state index in [1.807, 2.05) is 24.4 Å². The summed E-state index contributed by atoms with van der Waals surface area (Å²) in [6, 6.07) is 9.40. The number of hydrogen-bond donors (Lipinski definition) is 3. The number of carbonyl (C=O) groups is 1. The Balaban J connectivity index is 1.50. The van der Waals surface area contributed by atoms with Gasteiger partial charge in [-0.05, 0) is 67.0 Å². The standard InChI is InChI=1S/C20H23ClN4O2/c21-14-2-4-15(5-3-14)27-16-7-13(10-23-11-16)12-1-6-17-18(8-12)19(9-22)24-25-20(17)26/h2-5,7,10-12,17-19,24H,1,6,8-9,22H2,(H,25,26). The molecule has 1 aliphatic heterocycles. The zero-order valence-electron chi connectivity index (χ0n) is 14.9. The molecule has 6 nitrogen and oxygen atoms in total. The molecule has 1 aromatic heterocycles. The van der Waals surface area contributed by atoms with Crippen LogP contribution in [0, 0.1) is 11.8 Å². The van der Waals surface area contributed by atoms with Gasteiger partial charge >= 0.3 is 0 Å². The van der Waals surface area contributed by atoms with E-state index in [9.17, 15) is 4.79 Å². The predicted molar refractivity (Wildman–Crippen MR) is 103 cm³/mol. The molecule has 4 unspecified atom stereocenters. The lowest BCUT2D eigenvalue weighted by Crippen LogP contribution is -2.62. The number of benzene rings is 1. The minimum absolute atomic E-state index is 0.0394. The number of fused-ring (bicyclic) bond motifs is 1. The fraction of sp³-hybridized carbons (Fsp3) is 0.400. The lowest BCUT2D eigenvalue weighted by atomic mass is 9.68. The van der Waals surface area contributed by atoms with E-state index in [1.54, 1.807) is 18.3 Å². The van der Waals surface area contributed by atoms with Crippen LogP contribution in [0.4, 0.5) is 0 Å². The number of halogens is 1. The zero-order chi connectivity index (χ0) is 18.8. The number of carbonyl (C=O) groups excluding carboxylic acids is 1. The lowest BCUT2D eigenvalue weighted by Gasteiger charge is -2.43. The van der Waals surface area contributed by atoms with Crippen molar-refractivity contribution in [1.29, 1.82) is 0 Å².